The summed E-state index contributed by atoms with van der Waals surface area (Å²) in [5, 5.41) is 1.90. The smallest absolute Gasteiger partial charge is 0.417 e. The first-order chi connectivity index (χ1) is 11.7. The largest absolute Gasteiger partial charge is 0.455 e. The number of carbonyl (C=O) groups excluding carboxylic acids is 2. The minimum atomic E-state index is -4.63. The summed E-state index contributed by atoms with van der Waals surface area (Å²) in [7, 11) is 0. The highest BCUT2D eigenvalue weighted by atomic mass is 35.5. The first kappa shape index (κ1) is 17.5. The molecule has 3 rings (SSSR count). The van der Waals surface area contributed by atoms with E-state index in [0.29, 0.717) is 36.1 Å². The van der Waals surface area contributed by atoms with Gasteiger partial charge in [-0.3, -0.25) is 9.59 Å². The first-order valence-corrected chi connectivity index (χ1v) is 7.90. The lowest BCUT2D eigenvalue weighted by molar-refractivity contribution is -0.137. The van der Waals surface area contributed by atoms with Crippen molar-refractivity contribution in [3.63, 3.8) is 0 Å². The summed E-state index contributed by atoms with van der Waals surface area (Å²) in [4.78, 5) is 24.3. The third-order valence-corrected chi connectivity index (χ3v) is 4.37. The van der Waals surface area contributed by atoms with Crippen molar-refractivity contribution in [1.82, 2.24) is 0 Å². The fourth-order valence-corrected chi connectivity index (χ4v) is 3.10. The Morgan fingerprint density at radius 2 is 2.00 bits per heavy atom. The summed E-state index contributed by atoms with van der Waals surface area (Å²) < 4.78 is 44.2. The molecule has 1 N–H and O–H groups in total. The fraction of sp³-hybridized carbons (Fsp3) is 0.294. The third-order valence-electron chi connectivity index (χ3n) is 4.04. The predicted molar refractivity (Wildman–Crippen MR) is 85.1 cm³/mol. The van der Waals surface area contributed by atoms with Crippen LogP contribution in [0.25, 0.3) is 0 Å². The Bertz CT molecular complexity index is 871. The highest BCUT2D eigenvalue weighted by Crippen LogP contribution is 2.36. The van der Waals surface area contributed by atoms with Crippen molar-refractivity contribution >= 4 is 29.0 Å². The van der Waals surface area contributed by atoms with E-state index in [1.807, 2.05) is 0 Å². The molecule has 1 heterocycles. The molecule has 1 aromatic carbocycles. The zero-order chi connectivity index (χ0) is 18.4. The van der Waals surface area contributed by atoms with Crippen LogP contribution < -0.4 is 5.32 Å². The van der Waals surface area contributed by atoms with Crippen LogP contribution in [-0.4, -0.2) is 11.7 Å². The van der Waals surface area contributed by atoms with Crippen molar-refractivity contribution in [2.24, 2.45) is 0 Å². The van der Waals surface area contributed by atoms with Crippen molar-refractivity contribution in [3.05, 3.63) is 51.4 Å². The van der Waals surface area contributed by atoms with Crippen molar-refractivity contribution in [2.45, 2.75) is 32.4 Å². The molecular formula is C17H13ClF3NO3. The van der Waals surface area contributed by atoms with Gasteiger partial charge in [0, 0.05) is 24.1 Å². The van der Waals surface area contributed by atoms with Gasteiger partial charge in [-0.05, 0) is 31.5 Å². The molecule has 8 heteroatoms. The normalized spacial score (nSPS) is 14.4. The van der Waals surface area contributed by atoms with Crippen LogP contribution in [0.15, 0.2) is 22.6 Å². The molecule has 1 amide bonds. The molecular weight excluding hydrogens is 359 g/mol. The fourth-order valence-electron chi connectivity index (χ4n) is 2.87. The van der Waals surface area contributed by atoms with Gasteiger partial charge in [0.05, 0.1) is 16.1 Å². The van der Waals surface area contributed by atoms with Crippen LogP contribution >= 0.6 is 11.6 Å². The molecule has 1 aliphatic carbocycles. The maximum atomic E-state index is 12.9. The van der Waals surface area contributed by atoms with E-state index in [9.17, 15) is 22.8 Å². The van der Waals surface area contributed by atoms with E-state index in [2.05, 4.69) is 5.32 Å². The number of rotatable bonds is 2. The van der Waals surface area contributed by atoms with Gasteiger partial charge in [-0.15, -0.1) is 0 Å². The molecule has 0 aliphatic heterocycles. The van der Waals surface area contributed by atoms with E-state index in [1.165, 1.54) is 6.07 Å². The molecule has 132 valence electrons. The van der Waals surface area contributed by atoms with Crippen LogP contribution in [0.5, 0.6) is 0 Å². The molecule has 0 spiro atoms. The third kappa shape index (κ3) is 3.28. The zero-order valence-electron chi connectivity index (χ0n) is 13.1. The standard InChI is InChI=1S/C17H13ClF3NO3/c1-8-14-12(23)3-2-4-13(14)25-15(8)16(24)22-9-5-6-11(18)10(7-9)17(19,20)21/h5-7H,2-4H2,1H3,(H,22,24). The van der Waals surface area contributed by atoms with E-state index >= 15 is 0 Å². The zero-order valence-corrected chi connectivity index (χ0v) is 13.8. The van der Waals surface area contributed by atoms with Gasteiger partial charge in [0.1, 0.15) is 5.76 Å². The highest BCUT2D eigenvalue weighted by Gasteiger charge is 2.34. The van der Waals surface area contributed by atoms with Gasteiger partial charge in [-0.1, -0.05) is 11.6 Å². The summed E-state index contributed by atoms with van der Waals surface area (Å²) in [6.45, 7) is 1.59. The second kappa shape index (κ2) is 6.22. The molecule has 1 aromatic heterocycles. The summed E-state index contributed by atoms with van der Waals surface area (Å²) in [6.07, 6.45) is -3.05. The van der Waals surface area contributed by atoms with Crippen molar-refractivity contribution in [1.29, 1.82) is 0 Å². The number of fused-ring (bicyclic) bond motifs is 1. The number of Topliss-reactive ketones (excluding diaryl/α,β-unsaturated/α-hetero) is 1. The second-order valence-corrected chi connectivity index (χ2v) is 6.18. The Kier molecular flexibility index (Phi) is 4.36. The molecule has 0 radical (unpaired) electrons. The molecule has 2 aromatic rings. The van der Waals surface area contributed by atoms with Crippen molar-refractivity contribution in [2.75, 3.05) is 5.32 Å². The predicted octanol–water partition coefficient (Wildman–Crippen LogP) is 5.03. The molecule has 0 unspecified atom stereocenters. The number of anilines is 1. The quantitative estimate of drug-likeness (QED) is 0.805. The van der Waals surface area contributed by atoms with Gasteiger partial charge in [-0.2, -0.15) is 13.2 Å². The number of hydrogen-bond acceptors (Lipinski definition) is 3. The van der Waals surface area contributed by atoms with Gasteiger partial charge >= 0.3 is 6.18 Å². The van der Waals surface area contributed by atoms with E-state index in [-0.39, 0.29) is 17.2 Å². The molecule has 0 saturated carbocycles. The number of hydrogen-bond donors (Lipinski definition) is 1. The number of nitrogens with one attached hydrogen (secondary N) is 1. The van der Waals surface area contributed by atoms with Crippen LogP contribution in [0.4, 0.5) is 18.9 Å². The topological polar surface area (TPSA) is 59.3 Å². The summed E-state index contributed by atoms with van der Waals surface area (Å²) in [6, 6.07) is 3.08. The lowest BCUT2D eigenvalue weighted by Gasteiger charge is -2.11. The van der Waals surface area contributed by atoms with Crippen LogP contribution in [0.3, 0.4) is 0 Å². The molecule has 0 fully saturated rings. The van der Waals surface area contributed by atoms with Crippen molar-refractivity contribution < 1.29 is 27.2 Å². The van der Waals surface area contributed by atoms with Crippen LogP contribution in [-0.2, 0) is 12.6 Å². The van der Waals surface area contributed by atoms with Crippen LogP contribution in [0, 0.1) is 6.92 Å². The number of halogens is 4. The molecule has 1 aliphatic rings. The Morgan fingerprint density at radius 3 is 2.64 bits per heavy atom. The lowest BCUT2D eigenvalue weighted by atomic mass is 9.94. The lowest BCUT2D eigenvalue weighted by Crippen LogP contribution is -2.14. The monoisotopic (exact) mass is 371 g/mol. The summed E-state index contributed by atoms with van der Waals surface area (Å²) >= 11 is 5.56. The van der Waals surface area contributed by atoms with E-state index in [0.717, 1.165) is 12.1 Å². The van der Waals surface area contributed by atoms with Gasteiger partial charge < -0.3 is 9.73 Å². The minimum absolute atomic E-state index is 0.0660. The van der Waals surface area contributed by atoms with E-state index in [1.54, 1.807) is 6.92 Å². The number of benzene rings is 1. The number of aryl methyl sites for hydroxylation is 1. The van der Waals surface area contributed by atoms with Crippen molar-refractivity contribution in [3.8, 4) is 0 Å². The van der Waals surface area contributed by atoms with Crippen LogP contribution in [0.1, 0.15) is 50.6 Å². The number of carbonyl (C=O) groups is 2. The van der Waals surface area contributed by atoms with Gasteiger partial charge in [-0.25, -0.2) is 0 Å². The van der Waals surface area contributed by atoms with Gasteiger partial charge in [0.2, 0.25) is 0 Å². The number of furan rings is 1. The minimum Gasteiger partial charge on any atom is -0.455 e. The molecule has 0 saturated heterocycles. The number of alkyl halides is 3. The molecule has 4 nitrogen and oxygen atoms in total. The molecule has 0 bridgehead atoms. The number of amides is 1. The molecule has 0 atom stereocenters. The summed E-state index contributed by atoms with van der Waals surface area (Å²) in [5.41, 5.74) is -0.301. The Morgan fingerprint density at radius 1 is 1.28 bits per heavy atom. The maximum absolute atomic E-state index is 12.9. The average molecular weight is 372 g/mol. The SMILES string of the molecule is Cc1c(C(=O)Nc2ccc(Cl)c(C(F)(F)F)c2)oc2c1C(=O)CCC2. The Hall–Kier alpha value is -2.28. The Labute approximate surface area is 146 Å². The summed E-state index contributed by atoms with van der Waals surface area (Å²) in [5.74, 6) is -0.419. The van der Waals surface area contributed by atoms with Gasteiger partial charge in [0.15, 0.2) is 11.5 Å². The van der Waals surface area contributed by atoms with E-state index < -0.39 is 22.7 Å². The average Bonchev–Trinajstić information content (AvgIpc) is 2.86. The molecule has 25 heavy (non-hydrogen) atoms. The van der Waals surface area contributed by atoms with Gasteiger partial charge in [0.25, 0.3) is 5.91 Å². The second-order valence-electron chi connectivity index (χ2n) is 5.78. The number of ketones is 1. The van der Waals surface area contributed by atoms with Crippen LogP contribution in [0.2, 0.25) is 5.02 Å². The maximum Gasteiger partial charge on any atom is 0.417 e. The Balaban J connectivity index is 1.90. The highest BCUT2D eigenvalue weighted by molar-refractivity contribution is 6.31. The van der Waals surface area contributed by atoms with E-state index in [4.69, 9.17) is 16.0 Å². The first-order valence-electron chi connectivity index (χ1n) is 7.52.